The first-order valence-electron chi connectivity index (χ1n) is 7.64. The SMILES string of the molecule is CC(C)(C)[Si](OCC=C(Br)Br)(c1ccccc1)c1ccccc1. The van der Waals surface area contributed by atoms with E-state index in [9.17, 15) is 0 Å². The Hall–Kier alpha value is -0.683. The Morgan fingerprint density at radius 3 is 1.70 bits per heavy atom. The van der Waals surface area contributed by atoms with E-state index in [1.807, 2.05) is 6.08 Å². The van der Waals surface area contributed by atoms with Crippen molar-refractivity contribution in [2.45, 2.75) is 25.8 Å². The molecule has 0 radical (unpaired) electrons. The van der Waals surface area contributed by atoms with E-state index < -0.39 is 8.32 Å². The Morgan fingerprint density at radius 2 is 1.35 bits per heavy atom. The van der Waals surface area contributed by atoms with Gasteiger partial charge in [0.25, 0.3) is 8.32 Å². The molecule has 0 aliphatic heterocycles. The zero-order valence-corrected chi connectivity index (χ0v) is 17.9. The van der Waals surface area contributed by atoms with Crippen LogP contribution in [0.2, 0.25) is 5.04 Å². The average Bonchev–Trinajstić information content (AvgIpc) is 2.52. The smallest absolute Gasteiger partial charge is 0.261 e. The summed E-state index contributed by atoms with van der Waals surface area (Å²) < 4.78 is 7.60. The Morgan fingerprint density at radius 1 is 0.913 bits per heavy atom. The number of halogens is 2. The molecule has 0 amide bonds. The second-order valence-electron chi connectivity index (χ2n) is 6.47. The summed E-state index contributed by atoms with van der Waals surface area (Å²) in [7, 11) is -2.40. The third-order valence-corrected chi connectivity index (χ3v) is 9.61. The Kier molecular flexibility index (Phi) is 6.43. The van der Waals surface area contributed by atoms with Crippen molar-refractivity contribution in [3.8, 4) is 0 Å². The first-order chi connectivity index (χ1) is 10.9. The summed E-state index contributed by atoms with van der Waals surface area (Å²) in [5.41, 5.74) is 0. The molecule has 4 heteroatoms. The number of hydrogen-bond acceptors (Lipinski definition) is 1. The molecule has 0 aliphatic carbocycles. The quantitative estimate of drug-likeness (QED) is 0.565. The van der Waals surface area contributed by atoms with Gasteiger partial charge in [0.15, 0.2) is 0 Å². The highest BCUT2D eigenvalue weighted by Gasteiger charge is 2.49. The molecule has 0 saturated heterocycles. The van der Waals surface area contributed by atoms with Gasteiger partial charge in [0.2, 0.25) is 0 Å². The highest BCUT2D eigenvalue weighted by Crippen LogP contribution is 2.36. The van der Waals surface area contributed by atoms with Gasteiger partial charge in [-0.2, -0.15) is 0 Å². The van der Waals surface area contributed by atoms with Crippen LogP contribution in [0.15, 0.2) is 70.1 Å². The van der Waals surface area contributed by atoms with Gasteiger partial charge in [-0.3, -0.25) is 0 Å². The van der Waals surface area contributed by atoms with E-state index in [1.54, 1.807) is 0 Å². The van der Waals surface area contributed by atoms with Gasteiger partial charge in [-0.25, -0.2) is 0 Å². The fraction of sp³-hybridized carbons (Fsp3) is 0.263. The van der Waals surface area contributed by atoms with Gasteiger partial charge >= 0.3 is 0 Å². The lowest BCUT2D eigenvalue weighted by molar-refractivity contribution is 0.339. The average molecular weight is 454 g/mol. The monoisotopic (exact) mass is 452 g/mol. The Balaban J connectivity index is 2.62. The third-order valence-electron chi connectivity index (χ3n) is 3.95. The molecule has 2 aromatic rings. The highest BCUT2D eigenvalue weighted by atomic mass is 79.9. The van der Waals surface area contributed by atoms with E-state index in [1.165, 1.54) is 10.4 Å². The molecular formula is C19H22Br2OSi. The molecule has 2 rings (SSSR count). The van der Waals surface area contributed by atoms with Gasteiger partial charge in [-0.1, -0.05) is 81.4 Å². The van der Waals surface area contributed by atoms with E-state index in [0.29, 0.717) is 6.61 Å². The zero-order chi connectivity index (χ0) is 16.9. The van der Waals surface area contributed by atoms with Gasteiger partial charge in [-0.15, -0.1) is 0 Å². The van der Waals surface area contributed by atoms with Crippen LogP contribution < -0.4 is 10.4 Å². The molecule has 0 aliphatic rings. The van der Waals surface area contributed by atoms with Crippen LogP contribution in [0.4, 0.5) is 0 Å². The molecule has 0 fully saturated rings. The van der Waals surface area contributed by atoms with Crippen LogP contribution in [0.25, 0.3) is 0 Å². The summed E-state index contributed by atoms with van der Waals surface area (Å²) in [4.78, 5) is 0. The van der Waals surface area contributed by atoms with Crippen LogP contribution in [0, 0.1) is 0 Å². The van der Waals surface area contributed by atoms with E-state index in [-0.39, 0.29) is 5.04 Å². The zero-order valence-electron chi connectivity index (χ0n) is 13.7. The molecule has 0 spiro atoms. The Bertz CT molecular complexity index is 605. The summed E-state index contributed by atoms with van der Waals surface area (Å²) in [6.07, 6.45) is 2.01. The normalized spacial score (nSPS) is 12.0. The first kappa shape index (κ1) is 18.7. The van der Waals surface area contributed by atoms with Crippen molar-refractivity contribution < 1.29 is 4.43 Å². The second kappa shape index (κ2) is 7.93. The van der Waals surface area contributed by atoms with Crippen LogP contribution in [0.5, 0.6) is 0 Å². The lowest BCUT2D eigenvalue weighted by Crippen LogP contribution is -2.66. The van der Waals surface area contributed by atoms with Crippen LogP contribution in [0.3, 0.4) is 0 Å². The predicted molar refractivity (Wildman–Crippen MR) is 110 cm³/mol. The highest BCUT2D eigenvalue weighted by molar-refractivity contribution is 9.28. The van der Waals surface area contributed by atoms with E-state index in [0.717, 1.165) is 3.39 Å². The summed E-state index contributed by atoms with van der Waals surface area (Å²) in [5.74, 6) is 0. The maximum absolute atomic E-state index is 6.68. The molecule has 122 valence electrons. The minimum absolute atomic E-state index is 0.0162. The maximum Gasteiger partial charge on any atom is 0.261 e. The molecule has 0 saturated carbocycles. The summed E-state index contributed by atoms with van der Waals surface area (Å²) in [6, 6.07) is 21.4. The van der Waals surface area contributed by atoms with E-state index in [2.05, 4.69) is 113 Å². The third kappa shape index (κ3) is 4.24. The van der Waals surface area contributed by atoms with Crippen molar-refractivity contribution in [1.29, 1.82) is 0 Å². The van der Waals surface area contributed by atoms with Crippen molar-refractivity contribution in [2.75, 3.05) is 6.61 Å². The summed E-state index contributed by atoms with van der Waals surface area (Å²) in [6.45, 7) is 7.42. The molecule has 0 unspecified atom stereocenters. The van der Waals surface area contributed by atoms with Gasteiger partial charge in [-0.05, 0) is 53.3 Å². The molecule has 1 nitrogen and oxygen atoms in total. The molecule has 0 atom stereocenters. The van der Waals surface area contributed by atoms with E-state index in [4.69, 9.17) is 4.43 Å². The van der Waals surface area contributed by atoms with Crippen LogP contribution in [0.1, 0.15) is 20.8 Å². The van der Waals surface area contributed by atoms with Crippen LogP contribution in [-0.2, 0) is 4.43 Å². The molecular weight excluding hydrogens is 432 g/mol. The number of rotatable bonds is 5. The van der Waals surface area contributed by atoms with Crippen molar-refractivity contribution in [1.82, 2.24) is 0 Å². The summed E-state index contributed by atoms with van der Waals surface area (Å²) in [5, 5.41) is 2.62. The fourth-order valence-corrected chi connectivity index (χ4v) is 7.74. The number of hydrogen-bond donors (Lipinski definition) is 0. The molecule has 0 heterocycles. The largest absolute Gasteiger partial charge is 0.404 e. The minimum Gasteiger partial charge on any atom is -0.404 e. The van der Waals surface area contributed by atoms with Crippen LogP contribution in [-0.4, -0.2) is 14.9 Å². The van der Waals surface area contributed by atoms with Gasteiger partial charge < -0.3 is 4.43 Å². The van der Waals surface area contributed by atoms with Gasteiger partial charge in [0.05, 0.1) is 10.00 Å². The van der Waals surface area contributed by atoms with E-state index >= 15 is 0 Å². The van der Waals surface area contributed by atoms with Crippen molar-refractivity contribution >= 4 is 50.6 Å². The molecule has 0 N–H and O–H groups in total. The fourth-order valence-electron chi connectivity index (χ4n) is 2.99. The van der Waals surface area contributed by atoms with Crippen molar-refractivity contribution in [3.63, 3.8) is 0 Å². The Labute approximate surface area is 157 Å². The minimum atomic E-state index is -2.40. The predicted octanol–water partition coefficient (Wildman–Crippen LogP) is 5.19. The summed E-state index contributed by atoms with van der Waals surface area (Å²) >= 11 is 6.84. The topological polar surface area (TPSA) is 9.23 Å². The second-order valence-corrected chi connectivity index (χ2v) is 13.5. The van der Waals surface area contributed by atoms with Gasteiger partial charge in [0.1, 0.15) is 0 Å². The van der Waals surface area contributed by atoms with Crippen LogP contribution >= 0.6 is 31.9 Å². The first-order valence-corrected chi connectivity index (χ1v) is 11.1. The molecule has 0 bridgehead atoms. The molecule has 0 aromatic heterocycles. The standard InChI is InChI=1S/C19H22Br2OSi/c1-19(2,3)23(22-15-14-18(20)21,16-10-6-4-7-11-16)17-12-8-5-9-13-17/h4-14H,15H2,1-3H3. The maximum atomic E-state index is 6.68. The lowest BCUT2D eigenvalue weighted by atomic mass is 10.2. The molecule has 23 heavy (non-hydrogen) atoms. The molecule has 2 aromatic carbocycles. The van der Waals surface area contributed by atoms with Crippen molar-refractivity contribution in [3.05, 3.63) is 70.1 Å². The van der Waals surface area contributed by atoms with Crippen molar-refractivity contribution in [2.24, 2.45) is 0 Å². The van der Waals surface area contributed by atoms with Gasteiger partial charge in [0, 0.05) is 0 Å². The number of benzene rings is 2. The lowest BCUT2D eigenvalue weighted by Gasteiger charge is -2.42.